The first-order valence-corrected chi connectivity index (χ1v) is 34.7. The lowest BCUT2D eigenvalue weighted by Crippen LogP contribution is -2.28. The number of nitrogens with zero attached hydrogens (tertiary/aromatic N) is 4. The molecule has 0 amide bonds. The summed E-state index contributed by atoms with van der Waals surface area (Å²) in [7, 11) is 0. The third kappa shape index (κ3) is 9.55. The zero-order valence-electron chi connectivity index (χ0n) is 54.0. The van der Waals surface area contributed by atoms with Gasteiger partial charge in [0.15, 0.2) is 0 Å². The average Bonchev–Trinajstić information content (AvgIpc) is 1.57. The maximum Gasteiger partial charge on any atom is 0.0541 e. The normalized spacial score (nSPS) is 14.6. The molecule has 0 aliphatic heterocycles. The molecule has 14 aromatic carbocycles. The van der Waals surface area contributed by atoms with Gasteiger partial charge in [-0.3, -0.25) is 0 Å². The van der Waals surface area contributed by atoms with Crippen LogP contribution in [0.15, 0.2) is 328 Å². The molecule has 96 heavy (non-hydrogen) atoms. The third-order valence-corrected chi connectivity index (χ3v) is 21.8. The van der Waals surface area contributed by atoms with Crippen molar-refractivity contribution in [1.82, 2.24) is 0 Å². The van der Waals surface area contributed by atoms with Gasteiger partial charge in [-0.05, 0) is 203 Å². The Morgan fingerprint density at radius 1 is 0.188 bits per heavy atom. The molecule has 0 radical (unpaired) electrons. The van der Waals surface area contributed by atoms with Gasteiger partial charge in [-0.1, -0.05) is 245 Å². The van der Waals surface area contributed by atoms with Crippen molar-refractivity contribution < 1.29 is 0 Å². The van der Waals surface area contributed by atoms with E-state index in [1.807, 2.05) is 0 Å². The van der Waals surface area contributed by atoms with E-state index in [9.17, 15) is 0 Å². The molecule has 4 heteroatoms. The Morgan fingerprint density at radius 3 is 0.760 bits per heavy atom. The molecule has 4 nitrogen and oxygen atoms in total. The van der Waals surface area contributed by atoms with Crippen LogP contribution in [0.5, 0.6) is 0 Å². The standard InChI is InChI=1S/C92H74N4/c1-7-27-67(28-8-1)93(68-29-9-2-10-30-68)87-55-57-89(81-39-17-15-37-79(81)87)95(73-51-53-77-75-35-19-21-41-83(75)91(85(77)63-73)59-23-5-24-60-91)71-47-43-65(44-48-71)66-45-49-72(50-46-66)96(74-52-54-78-76-36-20-22-42-84(76)92(86(78)64-74)61-25-6-26-62-92)90-58-56-88(80-38-16-18-40-82(80)90)94(69-31-11-3-12-32-69)70-33-13-4-14-34-70/h1-4,7-22,27-58,63-64H,5-6,23-26,59-62H2. The van der Waals surface area contributed by atoms with Crippen LogP contribution in [0.3, 0.4) is 0 Å². The molecule has 4 aliphatic rings. The van der Waals surface area contributed by atoms with Gasteiger partial charge in [-0.25, -0.2) is 0 Å². The molecule has 0 unspecified atom stereocenters. The molecule has 14 aromatic rings. The van der Waals surface area contributed by atoms with E-state index in [2.05, 4.69) is 347 Å². The highest BCUT2D eigenvalue weighted by atomic mass is 15.2. The molecule has 0 heterocycles. The summed E-state index contributed by atoms with van der Waals surface area (Å²) in [6, 6.07) is 123. The fraction of sp³-hybridized carbons (Fsp3) is 0.130. The fourth-order valence-corrected chi connectivity index (χ4v) is 17.5. The van der Waals surface area contributed by atoms with E-state index >= 15 is 0 Å². The molecule has 0 bridgehead atoms. The largest absolute Gasteiger partial charge is 0.310 e. The van der Waals surface area contributed by atoms with Crippen molar-refractivity contribution in [1.29, 1.82) is 0 Å². The van der Waals surface area contributed by atoms with Crippen molar-refractivity contribution >= 4 is 89.8 Å². The summed E-state index contributed by atoms with van der Waals surface area (Å²) in [6.45, 7) is 0. The molecule has 462 valence electrons. The summed E-state index contributed by atoms with van der Waals surface area (Å²) in [4.78, 5) is 9.87. The quantitative estimate of drug-likeness (QED) is 0.114. The van der Waals surface area contributed by atoms with Gasteiger partial charge in [0.2, 0.25) is 0 Å². The molecule has 18 rings (SSSR count). The highest BCUT2D eigenvalue weighted by Gasteiger charge is 2.45. The zero-order valence-corrected chi connectivity index (χ0v) is 54.0. The summed E-state index contributed by atoms with van der Waals surface area (Å²) < 4.78 is 0. The topological polar surface area (TPSA) is 13.0 Å². The minimum absolute atomic E-state index is 0.00167. The Kier molecular flexibility index (Phi) is 14.4. The summed E-state index contributed by atoms with van der Waals surface area (Å²) in [6.07, 6.45) is 12.2. The summed E-state index contributed by atoms with van der Waals surface area (Å²) in [5.41, 5.74) is 27.4. The molecular formula is C92H74N4. The Bertz CT molecular complexity index is 4780. The van der Waals surface area contributed by atoms with Gasteiger partial charge in [0.05, 0.1) is 22.7 Å². The maximum atomic E-state index is 2.57. The van der Waals surface area contributed by atoms with Crippen molar-refractivity contribution in [2.24, 2.45) is 0 Å². The summed E-state index contributed by atoms with van der Waals surface area (Å²) in [5.74, 6) is 0. The Hall–Kier alpha value is -11.2. The van der Waals surface area contributed by atoms with Crippen molar-refractivity contribution in [3.8, 4) is 33.4 Å². The van der Waals surface area contributed by atoms with Crippen LogP contribution < -0.4 is 19.6 Å². The highest BCUT2D eigenvalue weighted by molar-refractivity contribution is 6.09. The van der Waals surface area contributed by atoms with Gasteiger partial charge in [0.1, 0.15) is 0 Å². The van der Waals surface area contributed by atoms with E-state index in [0.29, 0.717) is 0 Å². The van der Waals surface area contributed by atoms with E-state index in [4.69, 9.17) is 0 Å². The number of hydrogen-bond donors (Lipinski definition) is 0. The maximum absolute atomic E-state index is 2.57. The average molecular weight is 1240 g/mol. The van der Waals surface area contributed by atoms with Gasteiger partial charge in [0.25, 0.3) is 0 Å². The first kappa shape index (κ1) is 57.5. The number of fused-ring (bicyclic) bond motifs is 12. The summed E-state index contributed by atoms with van der Waals surface area (Å²) in [5, 5.41) is 4.72. The molecule has 0 N–H and O–H groups in total. The molecule has 2 saturated carbocycles. The van der Waals surface area contributed by atoms with Crippen molar-refractivity contribution in [2.45, 2.75) is 75.0 Å². The molecule has 0 atom stereocenters. The minimum atomic E-state index is 0.00167. The van der Waals surface area contributed by atoms with Crippen LogP contribution in [0, 0.1) is 0 Å². The molecule has 4 aliphatic carbocycles. The van der Waals surface area contributed by atoms with Crippen LogP contribution in [0.2, 0.25) is 0 Å². The number of anilines is 12. The lowest BCUT2D eigenvalue weighted by atomic mass is 9.68. The number of rotatable bonds is 13. The third-order valence-electron chi connectivity index (χ3n) is 21.8. The highest BCUT2D eigenvalue weighted by Crippen LogP contribution is 2.60. The van der Waals surface area contributed by atoms with Crippen LogP contribution in [0.4, 0.5) is 68.2 Å². The van der Waals surface area contributed by atoms with Crippen LogP contribution in [0.1, 0.15) is 86.5 Å². The van der Waals surface area contributed by atoms with Gasteiger partial charge in [-0.2, -0.15) is 0 Å². The van der Waals surface area contributed by atoms with E-state index in [1.165, 1.54) is 142 Å². The summed E-state index contributed by atoms with van der Waals surface area (Å²) >= 11 is 0. The Labute approximate surface area is 564 Å². The van der Waals surface area contributed by atoms with Crippen LogP contribution >= 0.6 is 0 Å². The Morgan fingerprint density at radius 2 is 0.438 bits per heavy atom. The predicted molar refractivity (Wildman–Crippen MR) is 404 cm³/mol. The van der Waals surface area contributed by atoms with Gasteiger partial charge < -0.3 is 19.6 Å². The van der Waals surface area contributed by atoms with Gasteiger partial charge in [0, 0.05) is 77.9 Å². The second-order valence-electron chi connectivity index (χ2n) is 26.9. The van der Waals surface area contributed by atoms with E-state index in [0.717, 1.165) is 68.0 Å². The minimum Gasteiger partial charge on any atom is -0.310 e. The van der Waals surface area contributed by atoms with Crippen LogP contribution in [0.25, 0.3) is 54.9 Å². The van der Waals surface area contributed by atoms with E-state index in [1.54, 1.807) is 0 Å². The zero-order chi connectivity index (χ0) is 63.6. The monoisotopic (exact) mass is 1230 g/mol. The first-order chi connectivity index (χ1) is 47.6. The van der Waals surface area contributed by atoms with E-state index in [-0.39, 0.29) is 10.8 Å². The second-order valence-corrected chi connectivity index (χ2v) is 26.9. The molecule has 0 saturated heterocycles. The fourth-order valence-electron chi connectivity index (χ4n) is 17.5. The van der Waals surface area contributed by atoms with Crippen molar-refractivity contribution in [2.75, 3.05) is 19.6 Å². The lowest BCUT2D eigenvalue weighted by Gasteiger charge is -2.37. The van der Waals surface area contributed by atoms with Crippen molar-refractivity contribution in [3.05, 3.63) is 350 Å². The van der Waals surface area contributed by atoms with Crippen LogP contribution in [-0.2, 0) is 10.8 Å². The lowest BCUT2D eigenvalue weighted by molar-refractivity contribution is 0.353. The second kappa shape index (κ2) is 24.0. The molecule has 2 fully saturated rings. The van der Waals surface area contributed by atoms with Crippen molar-refractivity contribution in [3.63, 3.8) is 0 Å². The first-order valence-electron chi connectivity index (χ1n) is 34.7. The number of benzene rings is 14. The van der Waals surface area contributed by atoms with E-state index < -0.39 is 0 Å². The van der Waals surface area contributed by atoms with Crippen LogP contribution in [-0.4, -0.2) is 0 Å². The predicted octanol–water partition coefficient (Wildman–Crippen LogP) is 26.0. The van der Waals surface area contributed by atoms with Gasteiger partial charge >= 0.3 is 0 Å². The molecule has 0 aromatic heterocycles. The SMILES string of the molecule is c1ccc(N(c2ccccc2)c2ccc(N(c3ccc(-c4ccc(N(c5ccc6c(c5)C5(CCCCC5)c5ccccc5-6)c5ccc(N(c6ccccc6)c6ccccc6)c6ccccc56)cc4)cc3)c3ccc4c(c3)C3(CCCCC3)c3ccccc3-4)c3ccccc23)cc1. The Balaban J connectivity index is 0.767. The number of hydrogen-bond acceptors (Lipinski definition) is 4. The number of para-hydroxylation sites is 4. The van der Waals surface area contributed by atoms with Gasteiger partial charge in [-0.15, -0.1) is 0 Å². The molecule has 2 spiro atoms. The molecular weight excluding hydrogens is 1160 g/mol. The smallest absolute Gasteiger partial charge is 0.0541 e.